The number of benzene rings is 1. The van der Waals surface area contributed by atoms with Crippen LogP contribution in [0, 0.1) is 6.92 Å². The van der Waals surface area contributed by atoms with Crippen molar-refractivity contribution in [3.63, 3.8) is 0 Å². The van der Waals surface area contributed by atoms with Gasteiger partial charge >= 0.3 is 0 Å². The highest BCUT2D eigenvalue weighted by Gasteiger charge is 2.14. The Labute approximate surface area is 154 Å². The molecule has 0 spiro atoms. The van der Waals surface area contributed by atoms with E-state index >= 15 is 0 Å². The third-order valence-electron chi connectivity index (χ3n) is 3.78. The van der Waals surface area contributed by atoms with Crippen LogP contribution in [0.2, 0.25) is 0 Å². The molecular weight excluding hydrogens is 334 g/mol. The van der Waals surface area contributed by atoms with E-state index in [0.29, 0.717) is 37.4 Å². The highest BCUT2D eigenvalue weighted by Crippen LogP contribution is 2.19. The molecule has 2 aromatic rings. The maximum Gasteiger partial charge on any atom is 0.246 e. The smallest absolute Gasteiger partial charge is 0.246 e. The quantitative estimate of drug-likeness (QED) is 0.550. The minimum atomic E-state index is -0.191. The molecule has 1 aromatic heterocycles. The molecule has 0 fully saturated rings. The number of ether oxygens (including phenoxy) is 2. The Bertz CT molecular complexity index is 729. The summed E-state index contributed by atoms with van der Waals surface area (Å²) < 4.78 is 16.1. The maximum atomic E-state index is 5.45. The predicted molar refractivity (Wildman–Crippen MR) is 99.1 cm³/mol. The standard InChI is InChI=1S/C18H27N5O3/c1-6-25-13(3)17-22-16(26-23-17)11-21-18(19-4)20-10-14-8-7-12(2)9-15(14)24-5/h7-9,13H,6,10-11H2,1-5H3,(H2,19,20,21). The molecule has 8 heteroatoms. The minimum absolute atomic E-state index is 0.191. The van der Waals surface area contributed by atoms with Crippen molar-refractivity contribution in [1.29, 1.82) is 0 Å². The van der Waals surface area contributed by atoms with Crippen molar-refractivity contribution in [3.8, 4) is 5.75 Å². The summed E-state index contributed by atoms with van der Waals surface area (Å²) in [5.41, 5.74) is 2.20. The Morgan fingerprint density at radius 2 is 2.08 bits per heavy atom. The SMILES string of the molecule is CCOC(C)c1noc(CNC(=NC)NCc2ccc(C)cc2OC)n1. The fraction of sp³-hybridized carbons (Fsp3) is 0.500. The summed E-state index contributed by atoms with van der Waals surface area (Å²) in [5, 5.41) is 10.3. The van der Waals surface area contributed by atoms with Crippen LogP contribution in [0.5, 0.6) is 5.75 Å². The Balaban J connectivity index is 1.88. The second kappa shape index (κ2) is 9.76. The van der Waals surface area contributed by atoms with Crippen molar-refractivity contribution in [2.24, 2.45) is 4.99 Å². The van der Waals surface area contributed by atoms with Crippen LogP contribution in [-0.4, -0.2) is 36.9 Å². The number of aryl methyl sites for hydroxylation is 1. The molecule has 0 aliphatic rings. The van der Waals surface area contributed by atoms with Gasteiger partial charge < -0.3 is 24.6 Å². The molecule has 0 amide bonds. The van der Waals surface area contributed by atoms with Gasteiger partial charge in [-0.2, -0.15) is 4.98 Å². The number of aromatic nitrogens is 2. The van der Waals surface area contributed by atoms with Gasteiger partial charge in [0.25, 0.3) is 0 Å². The Morgan fingerprint density at radius 3 is 2.77 bits per heavy atom. The molecule has 0 radical (unpaired) electrons. The second-order valence-electron chi connectivity index (χ2n) is 5.74. The lowest BCUT2D eigenvalue weighted by atomic mass is 10.1. The molecule has 0 saturated heterocycles. The molecule has 8 nitrogen and oxygen atoms in total. The Kier molecular flexibility index (Phi) is 7.40. The highest BCUT2D eigenvalue weighted by molar-refractivity contribution is 5.79. The third kappa shape index (κ3) is 5.45. The van der Waals surface area contributed by atoms with Gasteiger partial charge in [-0.1, -0.05) is 17.3 Å². The molecule has 1 aromatic carbocycles. The van der Waals surface area contributed by atoms with Crippen LogP contribution >= 0.6 is 0 Å². The molecule has 1 unspecified atom stereocenters. The van der Waals surface area contributed by atoms with Crippen molar-refractivity contribution in [2.75, 3.05) is 20.8 Å². The van der Waals surface area contributed by atoms with E-state index in [2.05, 4.69) is 31.8 Å². The fourth-order valence-corrected chi connectivity index (χ4v) is 2.39. The van der Waals surface area contributed by atoms with Gasteiger partial charge in [0.2, 0.25) is 5.89 Å². The van der Waals surface area contributed by atoms with E-state index in [4.69, 9.17) is 14.0 Å². The number of methoxy groups -OCH3 is 1. The van der Waals surface area contributed by atoms with Crippen molar-refractivity contribution in [2.45, 2.75) is 40.0 Å². The number of guanidine groups is 1. The summed E-state index contributed by atoms with van der Waals surface area (Å²) in [6.07, 6.45) is -0.191. The molecule has 26 heavy (non-hydrogen) atoms. The Hall–Kier alpha value is -2.61. The van der Waals surface area contributed by atoms with Crippen LogP contribution in [0.25, 0.3) is 0 Å². The van der Waals surface area contributed by atoms with E-state index in [1.54, 1.807) is 14.2 Å². The molecule has 0 aliphatic heterocycles. The van der Waals surface area contributed by atoms with Gasteiger partial charge in [-0.25, -0.2) is 0 Å². The molecule has 0 saturated carbocycles. The molecule has 142 valence electrons. The Morgan fingerprint density at radius 1 is 1.31 bits per heavy atom. The summed E-state index contributed by atoms with van der Waals surface area (Å²) >= 11 is 0. The summed E-state index contributed by atoms with van der Waals surface area (Å²) in [5.74, 6) is 2.49. The average molecular weight is 361 g/mol. The van der Waals surface area contributed by atoms with Crippen LogP contribution in [0.4, 0.5) is 0 Å². The lowest BCUT2D eigenvalue weighted by Gasteiger charge is -2.13. The normalized spacial score (nSPS) is 12.7. The van der Waals surface area contributed by atoms with Crippen LogP contribution in [-0.2, 0) is 17.8 Å². The first-order valence-electron chi connectivity index (χ1n) is 8.59. The summed E-state index contributed by atoms with van der Waals surface area (Å²) in [6, 6.07) is 6.09. The molecule has 0 bridgehead atoms. The van der Waals surface area contributed by atoms with E-state index in [1.807, 2.05) is 32.9 Å². The lowest BCUT2D eigenvalue weighted by Crippen LogP contribution is -2.36. The topological polar surface area (TPSA) is 93.8 Å². The lowest BCUT2D eigenvalue weighted by molar-refractivity contribution is 0.0683. The molecule has 0 aliphatic carbocycles. The fourth-order valence-electron chi connectivity index (χ4n) is 2.39. The molecule has 1 heterocycles. The number of rotatable bonds is 8. The molecular formula is C18H27N5O3. The number of nitrogens with zero attached hydrogens (tertiary/aromatic N) is 3. The number of hydrogen-bond acceptors (Lipinski definition) is 6. The first-order valence-corrected chi connectivity index (χ1v) is 8.59. The summed E-state index contributed by atoms with van der Waals surface area (Å²) in [7, 11) is 3.37. The third-order valence-corrected chi connectivity index (χ3v) is 3.78. The van der Waals surface area contributed by atoms with E-state index in [9.17, 15) is 0 Å². The second-order valence-corrected chi connectivity index (χ2v) is 5.74. The highest BCUT2D eigenvalue weighted by atomic mass is 16.5. The molecule has 1 atom stereocenters. The maximum absolute atomic E-state index is 5.45. The molecule has 2 N–H and O–H groups in total. The van der Waals surface area contributed by atoms with Gasteiger partial charge in [-0.05, 0) is 32.4 Å². The largest absolute Gasteiger partial charge is 0.496 e. The van der Waals surface area contributed by atoms with Gasteiger partial charge in [0.15, 0.2) is 11.8 Å². The molecule has 2 rings (SSSR count). The van der Waals surface area contributed by atoms with Crippen LogP contribution < -0.4 is 15.4 Å². The minimum Gasteiger partial charge on any atom is -0.496 e. The van der Waals surface area contributed by atoms with E-state index < -0.39 is 0 Å². The van der Waals surface area contributed by atoms with Crippen molar-refractivity contribution in [1.82, 2.24) is 20.8 Å². The zero-order valence-electron chi connectivity index (χ0n) is 16.0. The first kappa shape index (κ1) is 19.7. The van der Waals surface area contributed by atoms with Gasteiger partial charge in [-0.3, -0.25) is 4.99 Å². The average Bonchev–Trinajstić information content (AvgIpc) is 3.12. The van der Waals surface area contributed by atoms with Crippen LogP contribution in [0.3, 0.4) is 0 Å². The summed E-state index contributed by atoms with van der Waals surface area (Å²) in [4.78, 5) is 8.52. The monoisotopic (exact) mass is 361 g/mol. The summed E-state index contributed by atoms with van der Waals surface area (Å²) in [6.45, 7) is 7.41. The zero-order chi connectivity index (χ0) is 18.9. The van der Waals surface area contributed by atoms with Crippen LogP contribution in [0.15, 0.2) is 27.7 Å². The number of aliphatic imine (C=N–C) groups is 1. The van der Waals surface area contributed by atoms with Crippen LogP contribution in [0.1, 0.15) is 42.8 Å². The van der Waals surface area contributed by atoms with Gasteiger partial charge in [-0.15, -0.1) is 0 Å². The first-order chi connectivity index (χ1) is 12.6. The van der Waals surface area contributed by atoms with E-state index in [0.717, 1.165) is 16.9 Å². The van der Waals surface area contributed by atoms with Gasteiger partial charge in [0.05, 0.1) is 13.7 Å². The zero-order valence-corrected chi connectivity index (χ0v) is 16.0. The van der Waals surface area contributed by atoms with Gasteiger partial charge in [0, 0.05) is 25.8 Å². The van der Waals surface area contributed by atoms with Crippen molar-refractivity contribution in [3.05, 3.63) is 41.0 Å². The van der Waals surface area contributed by atoms with Crippen molar-refractivity contribution >= 4 is 5.96 Å². The van der Waals surface area contributed by atoms with Gasteiger partial charge in [0.1, 0.15) is 11.9 Å². The predicted octanol–water partition coefficient (Wildman–Crippen LogP) is 2.35. The van der Waals surface area contributed by atoms with Crippen molar-refractivity contribution < 1.29 is 14.0 Å². The van der Waals surface area contributed by atoms with E-state index in [1.165, 1.54) is 0 Å². The number of nitrogens with one attached hydrogen (secondary N) is 2. The van der Waals surface area contributed by atoms with E-state index in [-0.39, 0.29) is 6.10 Å². The number of hydrogen-bond donors (Lipinski definition) is 2.